The van der Waals surface area contributed by atoms with E-state index in [9.17, 15) is 28.3 Å². The minimum Gasteiger partial charge on any atom is -0.496 e. The van der Waals surface area contributed by atoms with Crippen molar-refractivity contribution in [2.75, 3.05) is 142 Å². The highest BCUT2D eigenvalue weighted by Gasteiger charge is 2.41. The van der Waals surface area contributed by atoms with Gasteiger partial charge in [-0.1, -0.05) is 30.3 Å². The summed E-state index contributed by atoms with van der Waals surface area (Å²) in [4.78, 5) is 58.6. The van der Waals surface area contributed by atoms with Gasteiger partial charge in [0.1, 0.15) is 69.3 Å². The molecular weight excluding hydrogens is 1490 g/mol. The lowest BCUT2D eigenvalue weighted by molar-refractivity contribution is -0.204. The van der Waals surface area contributed by atoms with E-state index in [2.05, 4.69) is 43.9 Å². The summed E-state index contributed by atoms with van der Waals surface area (Å²) in [5, 5.41) is 20.2. The van der Waals surface area contributed by atoms with Gasteiger partial charge in [-0.2, -0.15) is 0 Å². The summed E-state index contributed by atoms with van der Waals surface area (Å²) < 4.78 is 92.8. The summed E-state index contributed by atoms with van der Waals surface area (Å²) in [6.45, 7) is 18.8. The molecule has 0 bridgehead atoms. The minimum atomic E-state index is -0.843. The number of carboxylic acids is 1. The predicted molar refractivity (Wildman–Crippen MR) is 438 cm³/mol. The number of aromatic nitrogens is 3. The molecule has 15 rings (SSSR count). The van der Waals surface area contributed by atoms with Gasteiger partial charge in [-0.25, -0.2) is 23.7 Å². The van der Waals surface area contributed by atoms with Crippen LogP contribution in [0.4, 0.5) is 26.2 Å². The van der Waals surface area contributed by atoms with E-state index in [1.165, 1.54) is 41.0 Å². The molecule has 6 aromatic rings. The van der Waals surface area contributed by atoms with Crippen LogP contribution < -0.4 is 34.9 Å². The average molecular weight is 1610 g/mol. The summed E-state index contributed by atoms with van der Waals surface area (Å²) in [7, 11) is 5.16. The first-order valence-corrected chi connectivity index (χ1v) is 42.3. The summed E-state index contributed by atoms with van der Waals surface area (Å²) in [5.74, 6) is 4.81. The number of anilines is 3. The number of pyridine rings is 3. The third kappa shape index (κ3) is 22.9. The molecule has 6 atom stereocenters. The molecule has 4 N–H and O–H groups in total. The van der Waals surface area contributed by atoms with Gasteiger partial charge in [0.05, 0.1) is 97.5 Å². The third-order valence-corrected chi connectivity index (χ3v) is 23.5. The number of Topliss-reactive ketones (excluding diaryl/α,β-unsaturated/α-hetero) is 2. The van der Waals surface area contributed by atoms with E-state index in [1.807, 2.05) is 43.0 Å². The summed E-state index contributed by atoms with van der Waals surface area (Å²) in [5.41, 5.74) is 9.76. The maximum Gasteiger partial charge on any atom is 0.325 e. The number of halogens is 2. The van der Waals surface area contributed by atoms with Crippen LogP contribution >= 0.6 is 0 Å². The lowest BCUT2D eigenvalue weighted by atomic mass is 9.96. The first-order chi connectivity index (χ1) is 56.3. The van der Waals surface area contributed by atoms with Crippen molar-refractivity contribution in [1.29, 1.82) is 0 Å². The normalized spacial score (nSPS) is 20.7. The minimum absolute atomic E-state index is 0.00634. The molecule has 11 heterocycles. The molecule has 3 aromatic heterocycles. The van der Waals surface area contributed by atoms with Crippen molar-refractivity contribution in [2.45, 2.75) is 223 Å². The second-order valence-electron chi connectivity index (χ2n) is 33.0. The molecule has 1 aliphatic carbocycles. The maximum atomic E-state index is 14.3. The Balaban J connectivity index is 0.000000152. The molecule has 24 nitrogen and oxygen atoms in total. The van der Waals surface area contributed by atoms with Crippen LogP contribution in [0.15, 0.2) is 78.9 Å². The number of methoxy groups -OCH3 is 3. The fourth-order valence-corrected chi connectivity index (χ4v) is 17.0. The van der Waals surface area contributed by atoms with Crippen LogP contribution in [0, 0.1) is 11.6 Å². The number of aliphatic carboxylic acids is 1. The molecule has 5 saturated heterocycles. The Hall–Kier alpha value is -8.02. The number of benzene rings is 3. The van der Waals surface area contributed by atoms with E-state index in [-0.39, 0.29) is 58.8 Å². The highest BCUT2D eigenvalue weighted by Crippen LogP contribution is 2.40. The first-order valence-electron chi connectivity index (χ1n) is 42.3. The quantitative estimate of drug-likeness (QED) is 0.0263. The molecule has 9 aliphatic rings. The summed E-state index contributed by atoms with van der Waals surface area (Å²) in [6.07, 6.45) is 19.6. The number of aryl methyl sites for hydroxylation is 3. The van der Waals surface area contributed by atoms with Gasteiger partial charge in [0, 0.05) is 136 Å². The van der Waals surface area contributed by atoms with E-state index in [4.69, 9.17) is 67.1 Å². The number of rotatable bonds is 38. The SMILES string of the molecule is COc1cc(CCCCO[C@@H]2CCN(C(C(=O)O)c3ccccc3OC3CC3)C2)nc2c1CCCN2.COc1cc(CCCCO[C@@H]2CCN([C@@H](C(C)=O)c3cc(F)ccc3COC3(C)COC3)C2)nc2c1CCCN2.COc1cc(CCCCO[C@@H]2CCN([C@H](C(C)=O)c3cc(F)ccc3COC3(C)COC3)C2)nc2c1CCCN2. The van der Waals surface area contributed by atoms with E-state index in [1.54, 1.807) is 47.3 Å². The van der Waals surface area contributed by atoms with E-state index in [0.717, 1.165) is 230 Å². The average Bonchev–Trinajstić information content (AvgIpc) is 1.49. The topological polar surface area (TPSA) is 257 Å². The van der Waals surface area contributed by atoms with Crippen molar-refractivity contribution in [3.63, 3.8) is 0 Å². The van der Waals surface area contributed by atoms with Crippen molar-refractivity contribution < 1.29 is 80.4 Å². The van der Waals surface area contributed by atoms with Gasteiger partial charge in [-0.15, -0.1) is 0 Å². The number of carboxylic acid groups (broad SMARTS) is 1. The fourth-order valence-electron chi connectivity index (χ4n) is 17.0. The number of ether oxygens (including phenoxy) is 11. The molecule has 8 aliphatic heterocycles. The number of para-hydroxylation sites is 1. The lowest BCUT2D eigenvalue weighted by Crippen LogP contribution is -2.49. The number of ketones is 2. The van der Waals surface area contributed by atoms with Crippen LogP contribution in [0.2, 0.25) is 0 Å². The number of hydrogen-bond acceptors (Lipinski definition) is 23. The number of nitrogens with zero attached hydrogens (tertiary/aromatic N) is 6. The van der Waals surface area contributed by atoms with Gasteiger partial charge in [-0.05, 0) is 209 Å². The Morgan fingerprint density at radius 3 is 1.22 bits per heavy atom. The van der Waals surface area contributed by atoms with Crippen LogP contribution in [0.1, 0.15) is 197 Å². The standard InChI is InChI=1S/2C31H42FN3O5.C28H37N3O5/c2*1-21(36)29(27-15-23(32)10-9-22(27)18-40-31(2)19-38-20-31)35-13-11-25(17-35)39-14-5-4-7-24-16-28(37-3)26-8-6-12-33-30(26)34-24;1-34-25-17-19(30-27-23(25)9-6-14-29-27)7-4-5-16-35-21-13-15-31(18-21)26(28(32)33)22-8-2-3-10-24(22)36-20-11-12-20/h2*9-10,15-16,25,29H,4-8,11-14,17-20H2,1-3H3,(H,33,34);2-3,8,10,17,20-21,26H,4-7,9,11-16,18H2,1H3,(H,29,30)(H,32,33)/t25-,29+;25-,29-;21-,26?/m111/s1. The molecule has 6 fully saturated rings. The van der Waals surface area contributed by atoms with E-state index >= 15 is 0 Å². The third-order valence-electron chi connectivity index (χ3n) is 23.5. The number of likely N-dealkylation sites (tertiary alicyclic amines) is 3. The van der Waals surface area contributed by atoms with Crippen LogP contribution in [0.25, 0.3) is 0 Å². The molecule has 0 radical (unpaired) electrons. The Labute approximate surface area is 682 Å². The molecule has 26 heteroatoms. The Morgan fingerprint density at radius 1 is 0.491 bits per heavy atom. The largest absolute Gasteiger partial charge is 0.496 e. The van der Waals surface area contributed by atoms with E-state index in [0.29, 0.717) is 103 Å². The maximum absolute atomic E-state index is 14.3. The number of fused-ring (bicyclic) bond motifs is 3. The van der Waals surface area contributed by atoms with Crippen molar-refractivity contribution in [2.24, 2.45) is 0 Å². The molecule has 3 aromatic carbocycles. The summed E-state index contributed by atoms with van der Waals surface area (Å²) >= 11 is 0. The molecule has 116 heavy (non-hydrogen) atoms. The van der Waals surface area contributed by atoms with Crippen molar-refractivity contribution >= 4 is 35.0 Å². The Kier molecular flexibility index (Phi) is 30.4. The number of carbonyl (C=O) groups is 3. The predicted octanol–water partition coefficient (Wildman–Crippen LogP) is 13.5. The highest BCUT2D eigenvalue weighted by atomic mass is 19.1. The number of unbranched alkanes of at least 4 members (excludes halogenated alkanes) is 3. The van der Waals surface area contributed by atoms with Crippen LogP contribution in [-0.4, -0.2) is 214 Å². The van der Waals surface area contributed by atoms with Gasteiger partial charge in [0.25, 0.3) is 0 Å². The molecular formula is C90H121F2N9O15. The van der Waals surface area contributed by atoms with Gasteiger partial charge in [0.2, 0.25) is 0 Å². The lowest BCUT2D eigenvalue weighted by Gasteiger charge is -2.38. The number of nitrogens with one attached hydrogen (secondary N) is 3. The fraction of sp³-hybridized carbons (Fsp3) is 0.600. The summed E-state index contributed by atoms with van der Waals surface area (Å²) in [6, 6.07) is 21.3. The molecule has 630 valence electrons. The second-order valence-corrected chi connectivity index (χ2v) is 33.0. The second kappa shape index (κ2) is 41.1. The van der Waals surface area contributed by atoms with E-state index < -0.39 is 24.1 Å². The monoisotopic (exact) mass is 1610 g/mol. The first kappa shape index (κ1) is 85.8. The molecule has 1 saturated carbocycles. The zero-order valence-electron chi connectivity index (χ0n) is 69.0. The molecule has 1 unspecified atom stereocenters. The van der Waals surface area contributed by atoms with Crippen LogP contribution in [0.3, 0.4) is 0 Å². The molecule has 0 spiro atoms. The van der Waals surface area contributed by atoms with Crippen LogP contribution in [-0.2, 0) is 99.3 Å². The van der Waals surface area contributed by atoms with Gasteiger partial charge in [-0.3, -0.25) is 29.1 Å². The Morgan fingerprint density at radius 2 is 0.871 bits per heavy atom. The van der Waals surface area contributed by atoms with Crippen molar-refractivity contribution in [1.82, 2.24) is 29.7 Å². The Bertz CT molecular complexity index is 4040. The molecule has 0 amide bonds. The van der Waals surface area contributed by atoms with Crippen molar-refractivity contribution in [3.8, 4) is 23.0 Å². The van der Waals surface area contributed by atoms with Crippen LogP contribution in [0.5, 0.6) is 23.0 Å². The van der Waals surface area contributed by atoms with Crippen molar-refractivity contribution in [3.05, 3.63) is 152 Å². The van der Waals surface area contributed by atoms with Gasteiger partial charge >= 0.3 is 5.97 Å². The highest BCUT2D eigenvalue weighted by molar-refractivity contribution is 5.84. The smallest absolute Gasteiger partial charge is 0.325 e. The van der Waals surface area contributed by atoms with Gasteiger partial charge in [0.15, 0.2) is 11.6 Å². The zero-order chi connectivity index (χ0) is 81.1. The zero-order valence-corrected chi connectivity index (χ0v) is 69.0. The van der Waals surface area contributed by atoms with Gasteiger partial charge < -0.3 is 73.2 Å². The number of hydrogen-bond donors (Lipinski definition) is 4. The number of carbonyl (C=O) groups excluding carboxylic acids is 2.